The molecule has 0 amide bonds. The average Bonchev–Trinajstić information content (AvgIpc) is 1.64. The fourth-order valence-electron chi connectivity index (χ4n) is 0. The van der Waals surface area contributed by atoms with Crippen molar-refractivity contribution in [3.05, 3.63) is 0 Å². The molecule has 4 nitrogen and oxygen atoms in total. The van der Waals surface area contributed by atoms with Gasteiger partial charge in [-0.05, 0) is 28.2 Å². The number of hydrogen-bond donors (Lipinski definition) is 3. The second-order valence-electron chi connectivity index (χ2n) is 1.97. The summed E-state index contributed by atoms with van der Waals surface area (Å²) in [6.07, 6.45) is 0. The van der Waals surface area contributed by atoms with E-state index < -0.39 is 13.4 Å². The van der Waals surface area contributed by atoms with Crippen molar-refractivity contribution < 1.29 is 19.9 Å². The van der Waals surface area contributed by atoms with Crippen LogP contribution in [0.2, 0.25) is 0 Å². The zero-order chi connectivity index (χ0) is 8.78. The SMILES string of the molecule is CP(C)C(C)(O)O.O=BO. The molecule has 0 aliphatic rings. The first-order chi connectivity index (χ1) is 4.36. The summed E-state index contributed by atoms with van der Waals surface area (Å²) < 4.78 is 8.36. The van der Waals surface area contributed by atoms with Gasteiger partial charge in [-0.1, -0.05) is 0 Å². The molecule has 0 rings (SSSR count). The van der Waals surface area contributed by atoms with Gasteiger partial charge in [-0.2, -0.15) is 0 Å². The molecule has 0 spiro atoms. The van der Waals surface area contributed by atoms with E-state index in [4.69, 9.17) is 19.9 Å². The summed E-state index contributed by atoms with van der Waals surface area (Å²) in [6.45, 7) is 5.03. The predicted molar refractivity (Wildman–Crippen MR) is 40.3 cm³/mol. The van der Waals surface area contributed by atoms with Crippen molar-refractivity contribution in [3.63, 3.8) is 0 Å². The van der Waals surface area contributed by atoms with E-state index in [9.17, 15) is 0 Å². The first-order valence-electron chi connectivity index (χ1n) is 2.56. The van der Waals surface area contributed by atoms with Crippen LogP contribution in [0.3, 0.4) is 0 Å². The Morgan fingerprint density at radius 3 is 1.50 bits per heavy atom. The fourth-order valence-corrected chi connectivity index (χ4v) is 0. The Hall–Kier alpha value is 0.0149. The molecule has 0 radical (unpaired) electrons. The molecule has 10 heavy (non-hydrogen) atoms. The summed E-state index contributed by atoms with van der Waals surface area (Å²) in [5, 5.41) is 24.2. The van der Waals surface area contributed by atoms with Gasteiger partial charge in [0.15, 0.2) is 5.53 Å². The van der Waals surface area contributed by atoms with E-state index >= 15 is 0 Å². The Morgan fingerprint density at radius 1 is 1.40 bits per heavy atom. The molecule has 3 N–H and O–H groups in total. The van der Waals surface area contributed by atoms with Gasteiger partial charge in [-0.25, -0.2) is 0 Å². The van der Waals surface area contributed by atoms with Gasteiger partial charge < -0.3 is 10.2 Å². The van der Waals surface area contributed by atoms with Crippen molar-refractivity contribution in [3.8, 4) is 0 Å². The van der Waals surface area contributed by atoms with Crippen LogP contribution in [0.5, 0.6) is 0 Å². The molecule has 0 saturated carbocycles. The van der Waals surface area contributed by atoms with Gasteiger partial charge in [0.25, 0.3) is 0 Å². The molecular weight excluding hydrogens is 154 g/mol. The van der Waals surface area contributed by atoms with Gasteiger partial charge in [0.2, 0.25) is 0 Å². The van der Waals surface area contributed by atoms with E-state index in [0.717, 1.165) is 0 Å². The van der Waals surface area contributed by atoms with Crippen LogP contribution >= 0.6 is 7.92 Å². The average molecular weight is 166 g/mol. The summed E-state index contributed by atoms with van der Waals surface area (Å²) in [5.41, 5.74) is -1.44. The number of rotatable bonds is 1. The molecule has 60 valence electrons. The Labute approximate surface area is 61.9 Å². The second kappa shape index (κ2) is 5.77. The monoisotopic (exact) mass is 166 g/mol. The molecule has 0 aliphatic carbocycles. The molecule has 0 atom stereocenters. The zero-order valence-corrected chi connectivity index (χ0v) is 7.17. The molecule has 0 bridgehead atoms. The summed E-state index contributed by atoms with van der Waals surface area (Å²) in [6, 6.07) is 0. The van der Waals surface area contributed by atoms with Crippen LogP contribution in [0.4, 0.5) is 0 Å². The Kier molecular flexibility index (Phi) is 7.32. The van der Waals surface area contributed by atoms with Gasteiger partial charge in [-0.15, -0.1) is 0 Å². The van der Waals surface area contributed by atoms with Gasteiger partial charge in [-0.3, -0.25) is 0 Å². The van der Waals surface area contributed by atoms with E-state index in [1.807, 2.05) is 13.3 Å². The predicted octanol–water partition coefficient (Wildman–Crippen LogP) is -0.670. The van der Waals surface area contributed by atoms with E-state index in [2.05, 4.69) is 0 Å². The van der Waals surface area contributed by atoms with Crippen LogP contribution in [0.25, 0.3) is 0 Å². The summed E-state index contributed by atoms with van der Waals surface area (Å²) in [7, 11) is -0.880. The van der Waals surface area contributed by atoms with Crippen molar-refractivity contribution in [1.82, 2.24) is 0 Å². The van der Waals surface area contributed by atoms with Crippen LogP contribution < -0.4 is 0 Å². The molecule has 0 heterocycles. The van der Waals surface area contributed by atoms with E-state index in [0.29, 0.717) is 0 Å². The molecule has 0 aromatic heterocycles. The first kappa shape index (κ1) is 12.7. The summed E-state index contributed by atoms with van der Waals surface area (Å²) >= 11 is 0. The van der Waals surface area contributed by atoms with E-state index in [-0.39, 0.29) is 7.35 Å². The summed E-state index contributed by atoms with van der Waals surface area (Å²) in [4.78, 5) is 0. The minimum absolute atomic E-state index is 0.250. The molecule has 0 unspecified atom stereocenters. The molecule has 0 aliphatic heterocycles. The Bertz CT molecular complexity index is 89.7. The standard InChI is InChI=1S/C4H11O2P.BHO2/c1-4(5,6)7(2)3;2-1-3/h5-6H,1-3H3;2H. The van der Waals surface area contributed by atoms with Crippen LogP contribution in [-0.4, -0.2) is 41.4 Å². The van der Waals surface area contributed by atoms with Crippen LogP contribution in [0, 0.1) is 0 Å². The van der Waals surface area contributed by atoms with Crippen LogP contribution in [0.1, 0.15) is 6.92 Å². The number of aliphatic hydroxyl groups is 2. The molecular formula is C4H12BO4P. The minimum atomic E-state index is -1.44. The van der Waals surface area contributed by atoms with E-state index in [1.165, 1.54) is 6.92 Å². The third-order valence-electron chi connectivity index (χ3n) is 0.847. The maximum atomic E-state index is 8.68. The van der Waals surface area contributed by atoms with Crippen molar-refractivity contribution in [2.45, 2.75) is 12.5 Å². The van der Waals surface area contributed by atoms with Crippen molar-refractivity contribution in [1.29, 1.82) is 0 Å². The third-order valence-corrected chi connectivity index (χ3v) is 2.54. The maximum absolute atomic E-state index is 8.68. The topological polar surface area (TPSA) is 77.8 Å². The summed E-state index contributed by atoms with van der Waals surface area (Å²) in [5.74, 6) is 0. The van der Waals surface area contributed by atoms with Crippen molar-refractivity contribution in [2.24, 2.45) is 0 Å². The Balaban J connectivity index is 0. The van der Waals surface area contributed by atoms with Crippen molar-refractivity contribution >= 4 is 15.3 Å². The fraction of sp³-hybridized carbons (Fsp3) is 1.00. The molecule has 0 saturated heterocycles. The number of hydrogen-bond acceptors (Lipinski definition) is 3. The van der Waals surface area contributed by atoms with Gasteiger partial charge >= 0.3 is 17.1 Å². The first-order valence-corrected chi connectivity index (χ1v) is 4.80. The van der Waals surface area contributed by atoms with E-state index in [1.54, 1.807) is 0 Å². The second-order valence-corrected chi connectivity index (χ2v) is 4.61. The molecule has 0 aromatic carbocycles. The normalized spacial score (nSPS) is 9.80. The molecule has 0 fully saturated rings. The third kappa shape index (κ3) is 10.9. The van der Waals surface area contributed by atoms with Gasteiger partial charge in [0.05, 0.1) is 0 Å². The van der Waals surface area contributed by atoms with Crippen molar-refractivity contribution in [2.75, 3.05) is 13.3 Å². The Morgan fingerprint density at radius 2 is 1.50 bits per heavy atom. The molecule has 6 heteroatoms. The molecule has 0 aromatic rings. The zero-order valence-electron chi connectivity index (χ0n) is 6.27. The van der Waals surface area contributed by atoms with Crippen LogP contribution in [0.15, 0.2) is 0 Å². The van der Waals surface area contributed by atoms with Gasteiger partial charge in [0, 0.05) is 0 Å². The van der Waals surface area contributed by atoms with Gasteiger partial charge in [0.1, 0.15) is 0 Å². The quantitative estimate of drug-likeness (QED) is 0.274. The van der Waals surface area contributed by atoms with Crippen LogP contribution in [-0.2, 0) is 4.70 Å².